The topological polar surface area (TPSA) is 84.6 Å². The van der Waals surface area contributed by atoms with Gasteiger partial charge in [-0.05, 0) is 6.92 Å². The average molecular weight is 190 g/mol. The number of rotatable bonds is 7. The van der Waals surface area contributed by atoms with E-state index >= 15 is 0 Å². The maximum absolute atomic E-state index is 11.0. The Hall–Kier alpha value is -0.650. The molecule has 0 spiro atoms. The number of hydrogen-bond donors (Lipinski definition) is 3. The van der Waals surface area contributed by atoms with Gasteiger partial charge in [-0.15, -0.1) is 0 Å². The molecule has 13 heavy (non-hydrogen) atoms. The highest BCUT2D eigenvalue weighted by Gasteiger charge is 2.02. The number of carbonyl (C=O) groups is 1. The zero-order valence-electron chi connectivity index (χ0n) is 7.95. The van der Waals surface area contributed by atoms with Crippen LogP contribution in [0.3, 0.4) is 0 Å². The molecule has 0 aromatic rings. The summed E-state index contributed by atoms with van der Waals surface area (Å²) in [6.45, 7) is 2.98. The number of nitrogens with one attached hydrogen (secondary N) is 1. The molecule has 0 saturated carbocycles. The number of ether oxygens (including phenoxy) is 1. The fourth-order valence-electron chi connectivity index (χ4n) is 0.794. The first-order chi connectivity index (χ1) is 6.16. The average Bonchev–Trinajstić information content (AvgIpc) is 2.02. The number of aliphatic hydroxyl groups is 1. The molecule has 0 aromatic heterocycles. The predicted octanol–water partition coefficient (Wildman–Crippen LogP) is -1.15. The highest BCUT2D eigenvalue weighted by molar-refractivity contribution is 5.76. The summed E-state index contributed by atoms with van der Waals surface area (Å²) in [6.07, 6.45) is 0.333. The first-order valence-electron chi connectivity index (χ1n) is 4.37. The Morgan fingerprint density at radius 2 is 2.31 bits per heavy atom. The SMILES string of the molecule is CC(N)CC(=O)NCCOCCO. The van der Waals surface area contributed by atoms with Gasteiger partial charge in [0.2, 0.25) is 5.91 Å². The Balaban J connectivity index is 3.17. The maximum Gasteiger partial charge on any atom is 0.221 e. The van der Waals surface area contributed by atoms with Crippen LogP contribution in [-0.4, -0.2) is 43.4 Å². The molecule has 0 aromatic carbocycles. The summed E-state index contributed by atoms with van der Waals surface area (Å²) in [4.78, 5) is 11.0. The first-order valence-corrected chi connectivity index (χ1v) is 4.37. The Bertz CT molecular complexity index is 139. The quantitative estimate of drug-likeness (QED) is 0.442. The highest BCUT2D eigenvalue weighted by Crippen LogP contribution is 1.84. The zero-order chi connectivity index (χ0) is 10.1. The minimum atomic E-state index is -0.113. The molecule has 78 valence electrons. The van der Waals surface area contributed by atoms with Crippen molar-refractivity contribution in [2.45, 2.75) is 19.4 Å². The number of amides is 1. The molecule has 0 bridgehead atoms. The van der Waals surface area contributed by atoms with Gasteiger partial charge in [-0.3, -0.25) is 4.79 Å². The molecule has 0 rings (SSSR count). The Morgan fingerprint density at radius 3 is 2.85 bits per heavy atom. The van der Waals surface area contributed by atoms with Crippen LogP contribution in [0.25, 0.3) is 0 Å². The van der Waals surface area contributed by atoms with E-state index in [0.29, 0.717) is 26.2 Å². The molecular formula is C8H18N2O3. The van der Waals surface area contributed by atoms with Gasteiger partial charge in [0.05, 0.1) is 19.8 Å². The molecule has 5 nitrogen and oxygen atoms in total. The van der Waals surface area contributed by atoms with E-state index in [9.17, 15) is 4.79 Å². The summed E-state index contributed by atoms with van der Waals surface area (Å²) in [5, 5.41) is 11.0. The fourth-order valence-corrected chi connectivity index (χ4v) is 0.794. The van der Waals surface area contributed by atoms with E-state index in [2.05, 4.69) is 5.32 Å². The van der Waals surface area contributed by atoms with Gasteiger partial charge < -0.3 is 20.9 Å². The van der Waals surface area contributed by atoms with Gasteiger partial charge in [0.1, 0.15) is 0 Å². The summed E-state index contributed by atoms with van der Waals surface area (Å²) < 4.78 is 4.94. The van der Waals surface area contributed by atoms with Crippen molar-refractivity contribution in [3.8, 4) is 0 Å². The van der Waals surface area contributed by atoms with Gasteiger partial charge in [-0.2, -0.15) is 0 Å². The Labute approximate surface area is 78.3 Å². The number of aliphatic hydroxyl groups excluding tert-OH is 1. The second-order valence-electron chi connectivity index (χ2n) is 2.87. The molecule has 1 amide bonds. The van der Waals surface area contributed by atoms with Crippen molar-refractivity contribution >= 4 is 5.91 Å². The summed E-state index contributed by atoms with van der Waals surface area (Å²) >= 11 is 0. The monoisotopic (exact) mass is 190 g/mol. The number of carbonyl (C=O) groups excluding carboxylic acids is 1. The molecule has 0 aliphatic rings. The molecule has 0 aliphatic heterocycles. The van der Waals surface area contributed by atoms with E-state index in [1.807, 2.05) is 0 Å². The van der Waals surface area contributed by atoms with E-state index in [1.165, 1.54) is 0 Å². The van der Waals surface area contributed by atoms with Crippen LogP contribution in [-0.2, 0) is 9.53 Å². The van der Waals surface area contributed by atoms with Crippen LogP contribution in [0.5, 0.6) is 0 Å². The van der Waals surface area contributed by atoms with Crippen LogP contribution in [0.1, 0.15) is 13.3 Å². The molecule has 0 saturated heterocycles. The lowest BCUT2D eigenvalue weighted by Crippen LogP contribution is -2.32. The molecular weight excluding hydrogens is 172 g/mol. The Kier molecular flexibility index (Phi) is 7.57. The second kappa shape index (κ2) is 7.97. The van der Waals surface area contributed by atoms with Gasteiger partial charge in [-0.1, -0.05) is 0 Å². The van der Waals surface area contributed by atoms with Gasteiger partial charge in [-0.25, -0.2) is 0 Å². The van der Waals surface area contributed by atoms with Crippen LogP contribution in [0.4, 0.5) is 0 Å². The van der Waals surface area contributed by atoms with Crippen molar-refractivity contribution in [3.05, 3.63) is 0 Å². The highest BCUT2D eigenvalue weighted by atomic mass is 16.5. The molecule has 1 atom stereocenters. The minimum Gasteiger partial charge on any atom is -0.394 e. The second-order valence-corrected chi connectivity index (χ2v) is 2.87. The van der Waals surface area contributed by atoms with Crippen LogP contribution in [0.2, 0.25) is 0 Å². The van der Waals surface area contributed by atoms with Crippen molar-refractivity contribution in [1.82, 2.24) is 5.32 Å². The largest absolute Gasteiger partial charge is 0.394 e. The van der Waals surface area contributed by atoms with Gasteiger partial charge in [0, 0.05) is 19.0 Å². The maximum atomic E-state index is 11.0. The van der Waals surface area contributed by atoms with Crippen molar-refractivity contribution < 1.29 is 14.6 Å². The summed E-state index contributed by atoms with van der Waals surface area (Å²) in [6, 6.07) is -0.113. The predicted molar refractivity (Wildman–Crippen MR) is 49.2 cm³/mol. The van der Waals surface area contributed by atoms with Crippen molar-refractivity contribution in [2.24, 2.45) is 5.73 Å². The molecule has 1 unspecified atom stereocenters. The van der Waals surface area contributed by atoms with E-state index < -0.39 is 0 Å². The molecule has 0 radical (unpaired) electrons. The fraction of sp³-hybridized carbons (Fsp3) is 0.875. The lowest BCUT2D eigenvalue weighted by Gasteiger charge is -2.06. The van der Waals surface area contributed by atoms with Crippen molar-refractivity contribution in [2.75, 3.05) is 26.4 Å². The lowest BCUT2D eigenvalue weighted by atomic mass is 10.2. The molecule has 0 aliphatic carbocycles. The molecule has 0 heterocycles. The van der Waals surface area contributed by atoms with Gasteiger partial charge >= 0.3 is 0 Å². The van der Waals surface area contributed by atoms with Gasteiger partial charge in [0.25, 0.3) is 0 Å². The normalized spacial score (nSPS) is 12.5. The van der Waals surface area contributed by atoms with Gasteiger partial charge in [0.15, 0.2) is 0 Å². The standard InChI is InChI=1S/C8H18N2O3/c1-7(9)6-8(12)10-2-4-13-5-3-11/h7,11H,2-6,9H2,1H3,(H,10,12). The summed E-state index contributed by atoms with van der Waals surface area (Å²) in [5.41, 5.74) is 5.42. The van der Waals surface area contributed by atoms with E-state index in [0.717, 1.165) is 0 Å². The lowest BCUT2D eigenvalue weighted by molar-refractivity contribution is -0.121. The van der Waals surface area contributed by atoms with E-state index in [-0.39, 0.29) is 18.6 Å². The number of hydrogen-bond acceptors (Lipinski definition) is 4. The third kappa shape index (κ3) is 9.26. The summed E-state index contributed by atoms with van der Waals surface area (Å²) in [7, 11) is 0. The Morgan fingerprint density at radius 1 is 1.62 bits per heavy atom. The molecule has 4 N–H and O–H groups in total. The van der Waals surface area contributed by atoms with Crippen LogP contribution in [0, 0.1) is 0 Å². The van der Waals surface area contributed by atoms with E-state index in [4.69, 9.17) is 15.6 Å². The summed E-state index contributed by atoms with van der Waals surface area (Å²) in [5.74, 6) is -0.0670. The van der Waals surface area contributed by atoms with Crippen molar-refractivity contribution in [3.63, 3.8) is 0 Å². The molecule has 0 fully saturated rings. The van der Waals surface area contributed by atoms with Crippen molar-refractivity contribution in [1.29, 1.82) is 0 Å². The van der Waals surface area contributed by atoms with Crippen LogP contribution >= 0.6 is 0 Å². The third-order valence-electron chi connectivity index (χ3n) is 1.31. The third-order valence-corrected chi connectivity index (χ3v) is 1.31. The number of nitrogens with two attached hydrogens (primary N) is 1. The smallest absolute Gasteiger partial charge is 0.221 e. The van der Waals surface area contributed by atoms with Crippen LogP contribution < -0.4 is 11.1 Å². The first kappa shape index (κ1) is 12.3. The molecule has 5 heteroatoms. The zero-order valence-corrected chi connectivity index (χ0v) is 7.95. The minimum absolute atomic E-state index is 0.00772. The van der Waals surface area contributed by atoms with Crippen LogP contribution in [0.15, 0.2) is 0 Å². The van der Waals surface area contributed by atoms with E-state index in [1.54, 1.807) is 6.92 Å².